The van der Waals surface area contributed by atoms with Crippen LogP contribution in [-0.2, 0) is 16.1 Å². The maximum atomic E-state index is 12.4. The van der Waals surface area contributed by atoms with Crippen molar-refractivity contribution in [1.82, 2.24) is 14.8 Å². The van der Waals surface area contributed by atoms with Crippen LogP contribution in [0.5, 0.6) is 0 Å². The number of piperazine rings is 1. The molecule has 0 saturated carbocycles. The number of pyridine rings is 1. The Kier molecular flexibility index (Phi) is 6.64. The second kappa shape index (κ2) is 9.37. The fourth-order valence-electron chi connectivity index (χ4n) is 3.59. The summed E-state index contributed by atoms with van der Waals surface area (Å²) >= 11 is 0. The summed E-state index contributed by atoms with van der Waals surface area (Å²) in [6.07, 6.45) is 0. The number of carbonyl (C=O) groups excluding carboxylic acids is 1. The highest BCUT2D eigenvalue weighted by Crippen LogP contribution is 2.23. The smallest absolute Gasteiger partial charge is 0.290 e. The summed E-state index contributed by atoms with van der Waals surface area (Å²) in [5.41, 5.74) is 4.00. The first-order valence-electron chi connectivity index (χ1n) is 9.69. The average Bonchev–Trinajstić information content (AvgIpc) is 2.73. The van der Waals surface area contributed by atoms with Crippen molar-refractivity contribution in [3.05, 3.63) is 70.0 Å². The molecule has 1 saturated heterocycles. The number of carbonyl (C=O) groups is 2. The molecule has 4 rings (SSSR count). The lowest BCUT2D eigenvalue weighted by Crippen LogP contribution is -2.47. The highest BCUT2D eigenvalue weighted by Gasteiger charge is 2.20. The number of benzene rings is 2. The van der Waals surface area contributed by atoms with Crippen molar-refractivity contribution in [3.8, 4) is 11.3 Å². The van der Waals surface area contributed by atoms with Crippen LogP contribution in [0.25, 0.3) is 22.0 Å². The molecule has 30 heavy (non-hydrogen) atoms. The quantitative estimate of drug-likeness (QED) is 0.651. The van der Waals surface area contributed by atoms with Gasteiger partial charge in [-0.1, -0.05) is 36.4 Å². The lowest BCUT2D eigenvalue weighted by molar-refractivity contribution is -0.134. The Balaban J connectivity index is 0.000000806. The van der Waals surface area contributed by atoms with Crippen LogP contribution in [0, 0.1) is 6.92 Å². The van der Waals surface area contributed by atoms with E-state index in [4.69, 9.17) is 9.90 Å². The Hall–Kier alpha value is -3.45. The van der Waals surface area contributed by atoms with Crippen LogP contribution >= 0.6 is 0 Å². The van der Waals surface area contributed by atoms with Crippen molar-refractivity contribution >= 4 is 23.2 Å². The molecule has 156 valence electrons. The molecule has 1 aliphatic rings. The van der Waals surface area contributed by atoms with Crippen LogP contribution in [0.4, 0.5) is 0 Å². The van der Waals surface area contributed by atoms with Gasteiger partial charge in [0.25, 0.3) is 12.0 Å². The highest BCUT2D eigenvalue weighted by atomic mass is 16.3. The summed E-state index contributed by atoms with van der Waals surface area (Å²) in [5, 5.41) is 8.59. The third-order valence-corrected chi connectivity index (χ3v) is 5.31. The molecule has 2 heterocycles. The minimum Gasteiger partial charge on any atom is -0.483 e. The summed E-state index contributed by atoms with van der Waals surface area (Å²) in [7, 11) is 1.85. The van der Waals surface area contributed by atoms with E-state index in [0.29, 0.717) is 6.54 Å². The number of hydrogen-bond donors (Lipinski definition) is 2. The van der Waals surface area contributed by atoms with Crippen molar-refractivity contribution in [2.24, 2.45) is 0 Å². The van der Waals surface area contributed by atoms with Gasteiger partial charge in [0.2, 0.25) is 5.91 Å². The summed E-state index contributed by atoms with van der Waals surface area (Å²) in [5.74, 6) is 0.168. The van der Waals surface area contributed by atoms with Crippen molar-refractivity contribution < 1.29 is 14.7 Å². The van der Waals surface area contributed by atoms with Gasteiger partial charge in [-0.3, -0.25) is 19.3 Å². The number of aryl methyl sites for hydroxylation is 1. The van der Waals surface area contributed by atoms with Gasteiger partial charge in [-0.05, 0) is 41.1 Å². The number of fused-ring (bicyclic) bond motifs is 1. The minimum atomic E-state index is -0.250. The van der Waals surface area contributed by atoms with Crippen LogP contribution in [0.1, 0.15) is 11.1 Å². The van der Waals surface area contributed by atoms with Gasteiger partial charge in [-0.2, -0.15) is 0 Å². The first kappa shape index (κ1) is 21.3. The first-order valence-corrected chi connectivity index (χ1v) is 9.69. The number of aromatic amines is 1. The molecule has 1 amide bonds. The molecule has 3 aromatic rings. The number of nitrogens with zero attached hydrogens (tertiary/aromatic N) is 2. The molecular weight excluding hydrogens is 382 g/mol. The molecular formula is C23H25N3O4. The molecule has 1 aromatic heterocycles. The molecule has 1 fully saturated rings. The predicted molar refractivity (Wildman–Crippen MR) is 116 cm³/mol. The molecule has 2 aromatic carbocycles. The number of rotatable bonds is 3. The van der Waals surface area contributed by atoms with E-state index < -0.39 is 0 Å². The fraction of sp³-hybridized carbons (Fsp3) is 0.261. The van der Waals surface area contributed by atoms with Crippen LogP contribution in [0.3, 0.4) is 0 Å². The molecule has 1 aliphatic heterocycles. The minimum absolute atomic E-state index is 0.0637. The van der Waals surface area contributed by atoms with Gasteiger partial charge in [0.1, 0.15) is 0 Å². The van der Waals surface area contributed by atoms with Crippen LogP contribution in [0.2, 0.25) is 0 Å². The summed E-state index contributed by atoms with van der Waals surface area (Å²) < 4.78 is 0. The van der Waals surface area contributed by atoms with E-state index in [-0.39, 0.29) is 17.9 Å². The number of carboxylic acid groups (broad SMARTS) is 1. The van der Waals surface area contributed by atoms with Crippen molar-refractivity contribution in [1.29, 1.82) is 0 Å². The largest absolute Gasteiger partial charge is 0.483 e. The number of likely N-dealkylation sites (N-methyl/N-ethyl adjacent to an activating group) is 1. The SMILES string of the molecule is Cc1cccc2c(=O)[nH]c(-c3ccc(CN4CCN(C)C(=O)C4)cc3)cc12.O=CO. The molecule has 2 N–H and O–H groups in total. The summed E-state index contributed by atoms with van der Waals surface area (Å²) in [4.78, 5) is 39.6. The molecule has 0 aliphatic carbocycles. The maximum absolute atomic E-state index is 12.4. The number of hydrogen-bond acceptors (Lipinski definition) is 4. The van der Waals surface area contributed by atoms with E-state index in [2.05, 4.69) is 22.0 Å². The predicted octanol–water partition coefficient (Wildman–Crippen LogP) is 2.48. The Morgan fingerprint density at radius 2 is 1.77 bits per heavy atom. The highest BCUT2D eigenvalue weighted by molar-refractivity contribution is 5.87. The van der Waals surface area contributed by atoms with Crippen LogP contribution < -0.4 is 5.56 Å². The number of amides is 1. The van der Waals surface area contributed by atoms with Crippen LogP contribution in [0.15, 0.2) is 53.3 Å². The van der Waals surface area contributed by atoms with Gasteiger partial charge in [0.15, 0.2) is 0 Å². The number of H-pyrrole nitrogens is 1. The van der Waals surface area contributed by atoms with E-state index in [0.717, 1.165) is 52.8 Å². The second-order valence-corrected chi connectivity index (χ2v) is 7.38. The number of aromatic nitrogens is 1. The Bertz CT molecular complexity index is 1110. The van der Waals surface area contributed by atoms with E-state index in [9.17, 15) is 9.59 Å². The number of nitrogens with one attached hydrogen (secondary N) is 1. The van der Waals surface area contributed by atoms with Gasteiger partial charge in [0, 0.05) is 37.8 Å². The molecule has 0 unspecified atom stereocenters. The van der Waals surface area contributed by atoms with Crippen molar-refractivity contribution in [2.75, 3.05) is 26.7 Å². The van der Waals surface area contributed by atoms with Gasteiger partial charge in [-0.15, -0.1) is 0 Å². The lowest BCUT2D eigenvalue weighted by atomic mass is 10.0. The molecule has 0 radical (unpaired) electrons. The molecule has 0 spiro atoms. The standard InChI is InChI=1S/C22H23N3O2.CH2O2/c1-15-4-3-5-18-19(15)12-20(23-22(18)27)17-8-6-16(7-9-17)13-25-11-10-24(2)21(26)14-25;2-1-3/h3-9,12H,10-11,13-14H2,1-2H3,(H,23,27);1H,(H,2,3). The Morgan fingerprint density at radius 1 is 1.07 bits per heavy atom. The van der Waals surface area contributed by atoms with Crippen molar-refractivity contribution in [2.45, 2.75) is 13.5 Å². The summed E-state index contributed by atoms with van der Waals surface area (Å²) in [6.45, 7) is 4.66. The van der Waals surface area contributed by atoms with Crippen molar-refractivity contribution in [3.63, 3.8) is 0 Å². The van der Waals surface area contributed by atoms with E-state index in [1.807, 2.05) is 50.4 Å². The normalized spacial score (nSPS) is 14.3. The average molecular weight is 407 g/mol. The molecule has 0 bridgehead atoms. The zero-order chi connectivity index (χ0) is 21.7. The van der Waals surface area contributed by atoms with E-state index in [1.54, 1.807) is 4.90 Å². The van der Waals surface area contributed by atoms with E-state index >= 15 is 0 Å². The van der Waals surface area contributed by atoms with Crippen LogP contribution in [-0.4, -0.2) is 59.0 Å². The third-order valence-electron chi connectivity index (χ3n) is 5.31. The third kappa shape index (κ3) is 4.75. The maximum Gasteiger partial charge on any atom is 0.290 e. The fourth-order valence-corrected chi connectivity index (χ4v) is 3.59. The molecule has 0 atom stereocenters. The second-order valence-electron chi connectivity index (χ2n) is 7.38. The van der Waals surface area contributed by atoms with Gasteiger partial charge in [-0.25, -0.2) is 0 Å². The topological polar surface area (TPSA) is 93.7 Å². The van der Waals surface area contributed by atoms with E-state index in [1.165, 1.54) is 0 Å². The zero-order valence-corrected chi connectivity index (χ0v) is 17.1. The Morgan fingerprint density at radius 3 is 2.43 bits per heavy atom. The van der Waals surface area contributed by atoms with Gasteiger partial charge >= 0.3 is 0 Å². The lowest BCUT2D eigenvalue weighted by Gasteiger charge is -2.31. The Labute approximate surface area is 174 Å². The monoisotopic (exact) mass is 407 g/mol. The molecule has 7 nitrogen and oxygen atoms in total. The first-order chi connectivity index (χ1) is 14.4. The van der Waals surface area contributed by atoms with Gasteiger partial charge in [0.05, 0.1) is 6.54 Å². The van der Waals surface area contributed by atoms with Gasteiger partial charge < -0.3 is 15.0 Å². The summed E-state index contributed by atoms with van der Waals surface area (Å²) in [6, 6.07) is 16.0. The molecule has 7 heteroatoms. The zero-order valence-electron chi connectivity index (χ0n) is 17.1.